The van der Waals surface area contributed by atoms with Gasteiger partial charge in [0.15, 0.2) is 0 Å². The molecule has 1 atom stereocenters. The Morgan fingerprint density at radius 3 is 2.18 bits per heavy atom. The lowest BCUT2D eigenvalue weighted by molar-refractivity contribution is 0.0730. The lowest BCUT2D eigenvalue weighted by Crippen LogP contribution is -2.40. The van der Waals surface area contributed by atoms with E-state index < -0.39 is 10.0 Å². The van der Waals surface area contributed by atoms with E-state index in [9.17, 15) is 13.2 Å². The molecule has 1 aliphatic rings. The van der Waals surface area contributed by atoms with E-state index in [4.69, 9.17) is 4.74 Å². The van der Waals surface area contributed by atoms with Crippen LogP contribution >= 0.6 is 11.3 Å². The number of nitrogens with zero attached hydrogens (tertiary/aromatic N) is 1. The Morgan fingerprint density at radius 2 is 1.61 bits per heavy atom. The molecular formula is C25H28N2O4S2. The van der Waals surface area contributed by atoms with Gasteiger partial charge in [0.2, 0.25) is 10.0 Å². The Hall–Kier alpha value is -2.52. The fourth-order valence-corrected chi connectivity index (χ4v) is 5.99. The van der Waals surface area contributed by atoms with E-state index in [0.717, 1.165) is 10.4 Å². The zero-order chi connectivity index (χ0) is 23.4. The van der Waals surface area contributed by atoms with Gasteiger partial charge in [-0.25, -0.2) is 8.42 Å². The van der Waals surface area contributed by atoms with Crippen LogP contribution in [0.1, 0.15) is 52.2 Å². The van der Waals surface area contributed by atoms with Crippen LogP contribution in [0.25, 0.3) is 0 Å². The minimum absolute atomic E-state index is 0.181. The summed E-state index contributed by atoms with van der Waals surface area (Å²) in [6.07, 6.45) is 0. The van der Waals surface area contributed by atoms with Crippen LogP contribution in [0.15, 0.2) is 70.9 Å². The standard InChI is InChI=1S/C25H28N2O4S2/c1-18(2)19-5-7-20(8-6-19)24(23-4-3-17-32-23)26-25(28)21-9-11-22(12-10-21)33(29,30)27-13-15-31-16-14-27/h3-12,17-18,24H,13-16H2,1-2H3,(H,26,28). The number of thiophene rings is 1. The number of hydrogen-bond acceptors (Lipinski definition) is 5. The molecular weight excluding hydrogens is 456 g/mol. The predicted octanol–water partition coefficient (Wildman–Crippen LogP) is 4.41. The van der Waals surface area contributed by atoms with Gasteiger partial charge in [0.05, 0.1) is 24.2 Å². The van der Waals surface area contributed by atoms with Gasteiger partial charge in [-0.2, -0.15) is 4.31 Å². The van der Waals surface area contributed by atoms with Crippen molar-refractivity contribution >= 4 is 27.3 Å². The number of hydrogen-bond donors (Lipinski definition) is 1. The number of rotatable bonds is 7. The van der Waals surface area contributed by atoms with E-state index in [0.29, 0.717) is 37.8 Å². The van der Waals surface area contributed by atoms with Crippen molar-refractivity contribution in [1.29, 1.82) is 0 Å². The molecule has 174 valence electrons. The molecule has 33 heavy (non-hydrogen) atoms. The van der Waals surface area contributed by atoms with E-state index >= 15 is 0 Å². The summed E-state index contributed by atoms with van der Waals surface area (Å²) in [5, 5.41) is 5.11. The third-order valence-corrected chi connectivity index (χ3v) is 8.61. The van der Waals surface area contributed by atoms with Crippen LogP contribution in [0.2, 0.25) is 0 Å². The summed E-state index contributed by atoms with van der Waals surface area (Å²) in [6, 6.07) is 18.1. The fraction of sp³-hybridized carbons (Fsp3) is 0.320. The zero-order valence-corrected chi connectivity index (χ0v) is 20.4. The molecule has 1 aromatic heterocycles. The van der Waals surface area contributed by atoms with Crippen LogP contribution in [0, 0.1) is 0 Å². The smallest absolute Gasteiger partial charge is 0.252 e. The van der Waals surface area contributed by atoms with Gasteiger partial charge >= 0.3 is 0 Å². The van der Waals surface area contributed by atoms with Crippen LogP contribution in [0.4, 0.5) is 0 Å². The molecule has 1 N–H and O–H groups in total. The molecule has 2 aromatic carbocycles. The molecule has 1 saturated heterocycles. The van der Waals surface area contributed by atoms with Gasteiger partial charge in [-0.15, -0.1) is 11.3 Å². The lowest BCUT2D eigenvalue weighted by Gasteiger charge is -2.26. The first-order valence-electron chi connectivity index (χ1n) is 11.0. The maximum Gasteiger partial charge on any atom is 0.252 e. The van der Waals surface area contributed by atoms with E-state index in [1.54, 1.807) is 23.5 Å². The van der Waals surface area contributed by atoms with Crippen molar-refractivity contribution in [2.24, 2.45) is 0 Å². The van der Waals surface area contributed by atoms with Gasteiger partial charge in [-0.05, 0) is 52.8 Å². The van der Waals surface area contributed by atoms with Gasteiger partial charge in [-0.1, -0.05) is 44.2 Å². The molecule has 0 bridgehead atoms. The Labute approximate surface area is 199 Å². The molecule has 4 rings (SSSR count). The van der Waals surface area contributed by atoms with Gasteiger partial charge in [0.1, 0.15) is 0 Å². The predicted molar refractivity (Wildman–Crippen MR) is 130 cm³/mol. The number of carbonyl (C=O) groups is 1. The Morgan fingerprint density at radius 1 is 0.970 bits per heavy atom. The summed E-state index contributed by atoms with van der Waals surface area (Å²) < 4.78 is 32.3. The lowest BCUT2D eigenvalue weighted by atomic mass is 9.98. The van der Waals surface area contributed by atoms with Crippen LogP contribution in [-0.2, 0) is 14.8 Å². The number of nitrogens with one attached hydrogen (secondary N) is 1. The summed E-state index contributed by atoms with van der Waals surface area (Å²) in [5.41, 5.74) is 2.66. The van der Waals surface area contributed by atoms with Crippen molar-refractivity contribution in [3.8, 4) is 0 Å². The van der Waals surface area contributed by atoms with Gasteiger partial charge in [0.25, 0.3) is 5.91 Å². The molecule has 2 heterocycles. The number of sulfonamides is 1. The highest BCUT2D eigenvalue weighted by molar-refractivity contribution is 7.89. The van der Waals surface area contributed by atoms with Crippen molar-refractivity contribution in [3.05, 3.63) is 87.6 Å². The molecule has 1 unspecified atom stereocenters. The van der Waals surface area contributed by atoms with Crippen LogP contribution < -0.4 is 5.32 Å². The first-order valence-corrected chi connectivity index (χ1v) is 13.3. The van der Waals surface area contributed by atoms with Gasteiger partial charge in [0, 0.05) is 23.5 Å². The number of amides is 1. The third kappa shape index (κ3) is 5.35. The highest BCUT2D eigenvalue weighted by Crippen LogP contribution is 2.28. The number of benzene rings is 2. The molecule has 1 aliphatic heterocycles. The average Bonchev–Trinajstić information content (AvgIpc) is 3.38. The highest BCUT2D eigenvalue weighted by atomic mass is 32.2. The van der Waals surface area contributed by atoms with Gasteiger partial charge < -0.3 is 10.1 Å². The molecule has 6 nitrogen and oxygen atoms in total. The van der Waals surface area contributed by atoms with E-state index in [2.05, 4.69) is 43.4 Å². The van der Waals surface area contributed by atoms with Crippen molar-refractivity contribution in [2.45, 2.75) is 30.7 Å². The van der Waals surface area contributed by atoms with E-state index in [-0.39, 0.29) is 16.8 Å². The Kier molecular flexibility index (Phi) is 7.29. The maximum atomic E-state index is 13.1. The minimum atomic E-state index is -3.59. The maximum absolute atomic E-state index is 13.1. The topological polar surface area (TPSA) is 75.7 Å². The fourth-order valence-electron chi connectivity index (χ4n) is 3.78. The largest absolute Gasteiger partial charge is 0.379 e. The molecule has 1 fully saturated rings. The average molecular weight is 485 g/mol. The highest BCUT2D eigenvalue weighted by Gasteiger charge is 2.26. The van der Waals surface area contributed by atoms with E-state index in [1.807, 2.05) is 17.5 Å². The normalized spacial score (nSPS) is 16.0. The first-order chi connectivity index (χ1) is 15.9. The summed E-state index contributed by atoms with van der Waals surface area (Å²) in [4.78, 5) is 14.3. The molecule has 0 radical (unpaired) electrons. The van der Waals surface area contributed by atoms with Gasteiger partial charge in [-0.3, -0.25) is 4.79 Å². The molecule has 0 spiro atoms. The van der Waals surface area contributed by atoms with Crippen LogP contribution in [0.3, 0.4) is 0 Å². The third-order valence-electron chi connectivity index (χ3n) is 5.76. The second-order valence-electron chi connectivity index (χ2n) is 8.28. The quantitative estimate of drug-likeness (QED) is 0.539. The van der Waals surface area contributed by atoms with Crippen LogP contribution in [-0.4, -0.2) is 44.9 Å². The van der Waals surface area contributed by atoms with Crippen molar-refractivity contribution in [2.75, 3.05) is 26.3 Å². The summed E-state index contributed by atoms with van der Waals surface area (Å²) in [7, 11) is -3.59. The number of ether oxygens (including phenoxy) is 1. The molecule has 3 aromatic rings. The van der Waals surface area contributed by atoms with Crippen molar-refractivity contribution < 1.29 is 17.9 Å². The SMILES string of the molecule is CC(C)c1ccc(C(NC(=O)c2ccc(S(=O)(=O)N3CCOCC3)cc2)c2cccs2)cc1. The summed E-state index contributed by atoms with van der Waals surface area (Å²) in [6.45, 7) is 5.75. The summed E-state index contributed by atoms with van der Waals surface area (Å²) >= 11 is 1.59. The Bertz CT molecular complexity index is 1170. The second kappa shape index (κ2) is 10.2. The minimum Gasteiger partial charge on any atom is -0.379 e. The molecule has 0 aliphatic carbocycles. The molecule has 0 saturated carbocycles. The first kappa shape index (κ1) is 23.6. The van der Waals surface area contributed by atoms with Crippen LogP contribution in [0.5, 0.6) is 0 Å². The van der Waals surface area contributed by atoms with Crippen molar-refractivity contribution in [1.82, 2.24) is 9.62 Å². The van der Waals surface area contributed by atoms with E-state index in [1.165, 1.54) is 22.0 Å². The molecule has 8 heteroatoms. The zero-order valence-electron chi connectivity index (χ0n) is 18.7. The number of carbonyl (C=O) groups excluding carboxylic acids is 1. The van der Waals surface area contributed by atoms with Crippen molar-refractivity contribution in [3.63, 3.8) is 0 Å². The molecule has 1 amide bonds. The second-order valence-corrected chi connectivity index (χ2v) is 11.2. The monoisotopic (exact) mass is 484 g/mol. The summed E-state index contributed by atoms with van der Waals surface area (Å²) in [5.74, 6) is 0.178. The Balaban J connectivity index is 1.53. The number of morpholine rings is 1.